The topological polar surface area (TPSA) is 117 Å². The first kappa shape index (κ1) is 22.5. The van der Waals surface area contributed by atoms with Gasteiger partial charge in [0.05, 0.1) is 21.2 Å². The molecule has 3 aliphatic rings. The summed E-state index contributed by atoms with van der Waals surface area (Å²) in [5, 5.41) is 8.40. The van der Waals surface area contributed by atoms with E-state index < -0.39 is 20.0 Å². The van der Waals surface area contributed by atoms with Gasteiger partial charge in [0.1, 0.15) is 0 Å². The van der Waals surface area contributed by atoms with Crippen LogP contribution < -0.4 is 9.66 Å². The van der Waals surface area contributed by atoms with Gasteiger partial charge in [0.15, 0.2) is 0 Å². The number of nitrogens with one attached hydrogen (secondary N) is 2. The van der Waals surface area contributed by atoms with Crippen molar-refractivity contribution in [3.63, 3.8) is 0 Å². The van der Waals surface area contributed by atoms with Gasteiger partial charge in [-0.15, -0.1) is 0 Å². The molecule has 0 aliphatic heterocycles. The molecule has 0 heterocycles. The standard InChI is InChI=1S/C24H24N4O4S2/c1-15-3-7-17(8-4-15)33(29,30)27-25-21-13-11-19-23(21)20-12-14-22(24(19)20)26-28-34(31,32)18-9-5-16(2)6-10-18/h3-14,19-20,23-24,27-28H,1-2H3. The molecule has 1 fully saturated rings. The van der Waals surface area contributed by atoms with Crippen LogP contribution in [0, 0.1) is 37.5 Å². The monoisotopic (exact) mass is 496 g/mol. The highest BCUT2D eigenvalue weighted by atomic mass is 32.2. The minimum absolute atomic E-state index is 0.0309. The predicted octanol–water partition coefficient (Wildman–Crippen LogP) is 2.89. The van der Waals surface area contributed by atoms with Crippen LogP contribution >= 0.6 is 0 Å². The second-order valence-electron chi connectivity index (χ2n) is 8.81. The molecule has 0 bridgehead atoms. The highest BCUT2D eigenvalue weighted by Crippen LogP contribution is 2.55. The van der Waals surface area contributed by atoms with Gasteiger partial charge in [-0.3, -0.25) is 0 Å². The fourth-order valence-corrected chi connectivity index (χ4v) is 6.36. The van der Waals surface area contributed by atoms with Crippen LogP contribution in [0.5, 0.6) is 0 Å². The van der Waals surface area contributed by atoms with Crippen LogP contribution in [0.1, 0.15) is 11.1 Å². The summed E-state index contributed by atoms with van der Waals surface area (Å²) in [4.78, 5) is 5.00. The number of fused-ring (bicyclic) bond motifs is 4. The number of allylic oxidation sites excluding steroid dienone is 4. The normalized spacial score (nSPS) is 24.9. The third kappa shape index (κ3) is 3.97. The van der Waals surface area contributed by atoms with Crippen molar-refractivity contribution in [3.8, 4) is 0 Å². The molecule has 1 saturated carbocycles. The predicted molar refractivity (Wildman–Crippen MR) is 130 cm³/mol. The molecule has 0 amide bonds. The minimum atomic E-state index is -3.76. The van der Waals surface area contributed by atoms with Crippen LogP contribution in [0.4, 0.5) is 0 Å². The van der Waals surface area contributed by atoms with Crippen molar-refractivity contribution in [1.82, 2.24) is 9.66 Å². The molecule has 2 aromatic carbocycles. The lowest BCUT2D eigenvalue weighted by Gasteiger charge is -2.44. The molecule has 0 atom stereocenters. The molecule has 0 unspecified atom stereocenters. The average Bonchev–Trinajstić information content (AvgIpc) is 3.32. The van der Waals surface area contributed by atoms with Crippen LogP contribution in [0.15, 0.2) is 92.8 Å². The van der Waals surface area contributed by atoms with Crippen molar-refractivity contribution < 1.29 is 16.8 Å². The van der Waals surface area contributed by atoms with E-state index in [2.05, 4.69) is 19.9 Å². The zero-order valence-electron chi connectivity index (χ0n) is 18.6. The summed E-state index contributed by atoms with van der Waals surface area (Å²) in [7, 11) is -7.52. The number of benzene rings is 2. The van der Waals surface area contributed by atoms with E-state index in [1.807, 2.05) is 38.2 Å². The number of hydrazone groups is 2. The Bertz CT molecular complexity index is 1330. The van der Waals surface area contributed by atoms with Crippen LogP contribution in [0.2, 0.25) is 0 Å². The summed E-state index contributed by atoms with van der Waals surface area (Å²) in [5.41, 5.74) is 3.26. The second kappa shape index (κ2) is 8.21. The number of sulfonamides is 2. The molecule has 34 heavy (non-hydrogen) atoms. The Morgan fingerprint density at radius 3 is 1.32 bits per heavy atom. The lowest BCUT2D eigenvalue weighted by Crippen LogP contribution is -2.47. The molecule has 10 heteroatoms. The molecule has 0 saturated heterocycles. The third-order valence-corrected chi connectivity index (χ3v) is 9.02. The lowest BCUT2D eigenvalue weighted by molar-refractivity contribution is 0.174. The van der Waals surface area contributed by atoms with Crippen LogP contribution in [0.25, 0.3) is 0 Å². The van der Waals surface area contributed by atoms with E-state index in [4.69, 9.17) is 0 Å². The first-order valence-electron chi connectivity index (χ1n) is 10.8. The van der Waals surface area contributed by atoms with E-state index in [0.29, 0.717) is 11.4 Å². The number of nitrogens with zero attached hydrogens (tertiary/aromatic N) is 2. The number of hydrogen-bond donors (Lipinski definition) is 2. The van der Waals surface area contributed by atoms with Gasteiger partial charge in [-0.2, -0.15) is 36.7 Å². The Morgan fingerprint density at radius 2 is 0.971 bits per heavy atom. The molecule has 0 radical (unpaired) electrons. The Kier molecular flexibility index (Phi) is 5.44. The summed E-state index contributed by atoms with van der Waals surface area (Å²) < 4.78 is 50.2. The van der Waals surface area contributed by atoms with Gasteiger partial charge in [-0.1, -0.05) is 47.5 Å². The van der Waals surface area contributed by atoms with Crippen LogP contribution in [-0.2, 0) is 20.0 Å². The molecule has 8 nitrogen and oxygen atoms in total. The van der Waals surface area contributed by atoms with Crippen molar-refractivity contribution in [2.24, 2.45) is 33.9 Å². The molecule has 3 aliphatic carbocycles. The van der Waals surface area contributed by atoms with E-state index in [9.17, 15) is 16.8 Å². The first-order valence-corrected chi connectivity index (χ1v) is 13.8. The van der Waals surface area contributed by atoms with Crippen molar-refractivity contribution in [2.45, 2.75) is 23.6 Å². The Labute approximate surface area is 199 Å². The van der Waals surface area contributed by atoms with E-state index in [1.165, 1.54) is 0 Å². The Morgan fingerprint density at radius 1 is 0.618 bits per heavy atom. The SMILES string of the molecule is Cc1ccc(S(=O)(=O)NN=C2C=CC3C2C2C=CC(=NNS(=O)(=O)c4ccc(C)cc4)C32)cc1. The molecular weight excluding hydrogens is 472 g/mol. The zero-order chi connectivity index (χ0) is 24.1. The van der Waals surface area contributed by atoms with Gasteiger partial charge in [0.2, 0.25) is 0 Å². The van der Waals surface area contributed by atoms with E-state index in [0.717, 1.165) is 11.1 Å². The summed E-state index contributed by atoms with van der Waals surface area (Å²) in [6.45, 7) is 3.78. The maximum atomic E-state index is 12.6. The summed E-state index contributed by atoms with van der Waals surface area (Å²) >= 11 is 0. The van der Waals surface area contributed by atoms with Crippen molar-refractivity contribution >= 4 is 31.5 Å². The van der Waals surface area contributed by atoms with Crippen molar-refractivity contribution in [2.75, 3.05) is 0 Å². The molecule has 2 N–H and O–H groups in total. The molecule has 5 rings (SSSR count). The van der Waals surface area contributed by atoms with Crippen LogP contribution in [0.3, 0.4) is 0 Å². The largest absolute Gasteiger partial charge is 0.276 e. The maximum Gasteiger partial charge on any atom is 0.276 e. The van der Waals surface area contributed by atoms with Crippen molar-refractivity contribution in [1.29, 1.82) is 0 Å². The summed E-state index contributed by atoms with van der Waals surface area (Å²) in [6.07, 6.45) is 7.63. The highest BCUT2D eigenvalue weighted by molar-refractivity contribution is 7.89. The van der Waals surface area contributed by atoms with E-state index in [1.54, 1.807) is 48.5 Å². The summed E-state index contributed by atoms with van der Waals surface area (Å²) in [5.74, 6) is 0.238. The van der Waals surface area contributed by atoms with Gasteiger partial charge >= 0.3 is 0 Å². The minimum Gasteiger partial charge on any atom is -0.200 e. The molecular formula is C24H24N4O4S2. The fraction of sp³-hybridized carbons (Fsp3) is 0.250. The Hall–Kier alpha value is -3.24. The van der Waals surface area contributed by atoms with Crippen LogP contribution in [-0.4, -0.2) is 28.3 Å². The lowest BCUT2D eigenvalue weighted by atomic mass is 9.58. The van der Waals surface area contributed by atoms with Gasteiger partial charge in [-0.05, 0) is 62.1 Å². The maximum absolute atomic E-state index is 12.6. The molecule has 0 aromatic heterocycles. The molecule has 176 valence electrons. The quantitative estimate of drug-likeness (QED) is 0.598. The number of rotatable bonds is 6. The van der Waals surface area contributed by atoms with E-state index >= 15 is 0 Å². The molecule has 0 spiro atoms. The van der Waals surface area contributed by atoms with Gasteiger partial charge < -0.3 is 0 Å². The zero-order valence-corrected chi connectivity index (χ0v) is 20.2. The fourth-order valence-electron chi connectivity index (χ4n) is 4.71. The van der Waals surface area contributed by atoms with Gasteiger partial charge in [0.25, 0.3) is 20.0 Å². The second-order valence-corrected chi connectivity index (χ2v) is 12.1. The highest BCUT2D eigenvalue weighted by Gasteiger charge is 2.56. The van der Waals surface area contributed by atoms with Gasteiger partial charge in [0, 0.05) is 11.8 Å². The average molecular weight is 497 g/mol. The first-order chi connectivity index (χ1) is 16.2. The number of aryl methyl sites for hydroxylation is 2. The number of hydrogen-bond acceptors (Lipinski definition) is 6. The Balaban J connectivity index is 1.27. The third-order valence-electron chi connectivity index (χ3n) is 6.57. The van der Waals surface area contributed by atoms with Crippen molar-refractivity contribution in [3.05, 3.63) is 84.0 Å². The molecule has 2 aromatic rings. The smallest absolute Gasteiger partial charge is 0.200 e. The summed E-state index contributed by atoms with van der Waals surface area (Å²) in [6, 6.07) is 13.1. The van der Waals surface area contributed by atoms with E-state index in [-0.39, 0.29) is 33.5 Å². The van der Waals surface area contributed by atoms with Gasteiger partial charge in [-0.25, -0.2) is 0 Å².